The number of carbonyl (C=O) groups is 2. The maximum Gasteiger partial charge on any atom is 0.205 e. The Kier molecular flexibility index (Phi) is 6.49. The van der Waals surface area contributed by atoms with Crippen LogP contribution in [0.3, 0.4) is 0 Å². The van der Waals surface area contributed by atoms with Crippen LogP contribution in [0.2, 0.25) is 0 Å². The Morgan fingerprint density at radius 3 is 2.61 bits per heavy atom. The third-order valence-corrected chi connectivity index (χ3v) is 11.2. The average Bonchev–Trinajstić information content (AvgIpc) is 3.49. The predicted molar refractivity (Wildman–Crippen MR) is 153 cm³/mol. The number of alkyl halides is 2. The van der Waals surface area contributed by atoms with Crippen LogP contribution in [0.1, 0.15) is 45.0 Å². The van der Waals surface area contributed by atoms with Gasteiger partial charge in [0.15, 0.2) is 23.3 Å². The van der Waals surface area contributed by atoms with Gasteiger partial charge in [0.25, 0.3) is 0 Å². The number of hydrogen-bond donors (Lipinski definition) is 2. The predicted octanol–water partition coefficient (Wildman–Crippen LogP) is 5.14. The summed E-state index contributed by atoms with van der Waals surface area (Å²) in [7, 11) is 0. The highest BCUT2D eigenvalue weighted by atomic mass is 19.1. The van der Waals surface area contributed by atoms with E-state index >= 15 is 8.78 Å². The highest BCUT2D eigenvalue weighted by Crippen LogP contribution is 2.72. The molecule has 3 saturated carbocycles. The van der Waals surface area contributed by atoms with Crippen molar-refractivity contribution in [2.24, 2.45) is 22.7 Å². The first-order valence-corrected chi connectivity index (χ1v) is 14.9. The molecule has 10 atom stereocenters. The lowest BCUT2D eigenvalue weighted by atomic mass is 9.44. The number of carbonyl (C=O) groups excluding carboxylic acids is 2. The number of nitrogens with two attached hydrogens (primary N) is 1. The number of rotatable bonds is 5. The minimum Gasteiger partial charge on any atom is -0.486 e. The van der Waals surface area contributed by atoms with Gasteiger partial charge in [-0.25, -0.2) is 13.2 Å². The summed E-state index contributed by atoms with van der Waals surface area (Å²) in [6.45, 7) is 2.86. The molecule has 1 saturated heterocycles. The average molecular weight is 610 g/mol. The van der Waals surface area contributed by atoms with E-state index in [1.807, 2.05) is 0 Å². The fourth-order valence-corrected chi connectivity index (χ4v) is 9.07. The minimum atomic E-state index is -2.33. The molecule has 2 aromatic rings. The van der Waals surface area contributed by atoms with Gasteiger partial charge in [-0.3, -0.25) is 9.59 Å². The molecule has 2 aromatic carbocycles. The molecule has 4 aliphatic carbocycles. The molecule has 0 aromatic heterocycles. The Balaban J connectivity index is 1.29. The molecule has 10 heteroatoms. The van der Waals surface area contributed by atoms with E-state index in [0.29, 0.717) is 17.0 Å². The number of ketones is 2. The molecule has 232 valence electrons. The van der Waals surface area contributed by atoms with Gasteiger partial charge in [-0.05, 0) is 86.2 Å². The third kappa shape index (κ3) is 3.80. The smallest absolute Gasteiger partial charge is 0.205 e. The van der Waals surface area contributed by atoms with Crippen LogP contribution in [0.15, 0.2) is 72.3 Å². The van der Waals surface area contributed by atoms with Crippen LogP contribution < -0.4 is 10.5 Å². The lowest BCUT2D eigenvalue weighted by molar-refractivity contribution is -0.235. The largest absolute Gasteiger partial charge is 0.486 e. The van der Waals surface area contributed by atoms with Gasteiger partial charge in [0.1, 0.15) is 24.3 Å². The van der Waals surface area contributed by atoms with Crippen LogP contribution in [0.5, 0.6) is 5.75 Å². The summed E-state index contributed by atoms with van der Waals surface area (Å²) >= 11 is 0. The maximum atomic E-state index is 17.7. The van der Waals surface area contributed by atoms with E-state index in [1.165, 1.54) is 37.3 Å². The second-order valence-electron chi connectivity index (χ2n) is 13.2. The second kappa shape index (κ2) is 9.76. The van der Waals surface area contributed by atoms with Crippen molar-refractivity contribution in [3.05, 3.63) is 83.7 Å². The van der Waals surface area contributed by atoms with Crippen LogP contribution in [-0.4, -0.2) is 52.9 Å². The Morgan fingerprint density at radius 1 is 1.14 bits per heavy atom. The molecule has 44 heavy (non-hydrogen) atoms. The molecule has 1 heterocycles. The molecule has 5 aliphatic rings. The van der Waals surface area contributed by atoms with Gasteiger partial charge in [-0.2, -0.15) is 0 Å². The zero-order valence-corrected chi connectivity index (χ0v) is 24.3. The van der Waals surface area contributed by atoms with E-state index in [-0.39, 0.29) is 24.8 Å². The number of hydrogen-bond acceptors (Lipinski definition) is 7. The highest BCUT2D eigenvalue weighted by molar-refractivity contribution is 6.01. The van der Waals surface area contributed by atoms with Crippen molar-refractivity contribution in [3.63, 3.8) is 0 Å². The standard InChI is InChI=1S/C34H34F3NO6/c1-31-11-10-21(39)13-25(31)26(36)14-24-23-15-29-34(32(23,2)16-27(40)33(24,31)37,28(41)17-42-22-8-6-20(38)7-9-22)44-30(43-29)18-4-3-5-19(35)12-18/h3-13,23-24,26-27,29-30,40H,14-17,38H2,1-2H3/t23?,24-,26-,27-,29+,30+,31-,32-,33-,34+/m0/s1. The number of aliphatic hydroxyl groups excluding tert-OH is 1. The van der Waals surface area contributed by atoms with E-state index in [9.17, 15) is 19.1 Å². The minimum absolute atomic E-state index is 0.0194. The van der Waals surface area contributed by atoms with Gasteiger partial charge in [-0.1, -0.05) is 25.1 Å². The van der Waals surface area contributed by atoms with Crippen molar-refractivity contribution >= 4 is 17.3 Å². The molecule has 4 fully saturated rings. The quantitative estimate of drug-likeness (QED) is 0.452. The Morgan fingerprint density at radius 2 is 1.89 bits per heavy atom. The molecule has 1 unspecified atom stereocenters. The molecule has 7 rings (SSSR count). The number of ether oxygens (including phenoxy) is 3. The van der Waals surface area contributed by atoms with Gasteiger partial charge >= 0.3 is 0 Å². The van der Waals surface area contributed by atoms with E-state index in [0.717, 1.165) is 6.08 Å². The van der Waals surface area contributed by atoms with Gasteiger partial charge in [0.2, 0.25) is 5.78 Å². The number of anilines is 1. The number of halogens is 3. The number of nitrogen functional groups attached to an aromatic ring is 1. The lowest BCUT2D eigenvalue weighted by Gasteiger charge is -2.63. The summed E-state index contributed by atoms with van der Waals surface area (Å²) in [5.41, 5.74) is -0.144. The first kappa shape index (κ1) is 29.3. The fraction of sp³-hybridized carbons (Fsp3) is 0.471. The molecule has 0 radical (unpaired) electrons. The Bertz CT molecular complexity index is 1600. The molecule has 0 bridgehead atoms. The highest BCUT2D eigenvalue weighted by Gasteiger charge is 2.80. The van der Waals surface area contributed by atoms with Gasteiger partial charge < -0.3 is 25.1 Å². The van der Waals surface area contributed by atoms with Crippen molar-refractivity contribution in [1.82, 2.24) is 0 Å². The zero-order valence-electron chi connectivity index (χ0n) is 24.3. The van der Waals surface area contributed by atoms with Crippen molar-refractivity contribution in [1.29, 1.82) is 0 Å². The molecule has 7 nitrogen and oxygen atoms in total. The zero-order chi connectivity index (χ0) is 31.2. The van der Waals surface area contributed by atoms with E-state index in [1.54, 1.807) is 37.3 Å². The number of aliphatic hydroxyl groups is 1. The third-order valence-electron chi connectivity index (χ3n) is 11.2. The van der Waals surface area contributed by atoms with Gasteiger partial charge in [0, 0.05) is 28.0 Å². The van der Waals surface area contributed by atoms with Crippen LogP contribution in [0.25, 0.3) is 0 Å². The fourth-order valence-electron chi connectivity index (χ4n) is 9.07. The van der Waals surface area contributed by atoms with Crippen molar-refractivity contribution in [3.8, 4) is 5.75 Å². The van der Waals surface area contributed by atoms with E-state index < -0.39 is 82.6 Å². The Hall–Kier alpha value is -3.47. The topological polar surface area (TPSA) is 108 Å². The summed E-state index contributed by atoms with van der Waals surface area (Å²) in [6.07, 6.45) is -1.87. The number of allylic oxidation sites excluding steroid dienone is 4. The number of Topliss-reactive ketones (excluding diaryl/α,β-unsaturated/α-hetero) is 1. The van der Waals surface area contributed by atoms with Gasteiger partial charge in [0.05, 0.1) is 12.2 Å². The van der Waals surface area contributed by atoms with Crippen molar-refractivity contribution < 1.29 is 42.1 Å². The van der Waals surface area contributed by atoms with E-state index in [2.05, 4.69) is 0 Å². The first-order chi connectivity index (χ1) is 20.8. The second-order valence-corrected chi connectivity index (χ2v) is 13.2. The Labute approximate surface area is 252 Å². The normalized spacial score (nSPS) is 42.1. The molecular weight excluding hydrogens is 575 g/mol. The van der Waals surface area contributed by atoms with Crippen LogP contribution in [0, 0.1) is 28.5 Å². The summed E-state index contributed by atoms with van der Waals surface area (Å²) in [5, 5.41) is 11.8. The monoisotopic (exact) mass is 609 g/mol. The number of fused-ring (bicyclic) bond motifs is 7. The van der Waals surface area contributed by atoms with E-state index in [4.69, 9.17) is 19.9 Å². The van der Waals surface area contributed by atoms with Crippen molar-refractivity contribution in [2.45, 2.75) is 69.0 Å². The maximum absolute atomic E-state index is 17.7. The van der Waals surface area contributed by atoms with Crippen molar-refractivity contribution in [2.75, 3.05) is 12.3 Å². The van der Waals surface area contributed by atoms with Crippen LogP contribution >= 0.6 is 0 Å². The summed E-state index contributed by atoms with van der Waals surface area (Å²) < 4.78 is 66.5. The van der Waals surface area contributed by atoms with Crippen LogP contribution in [-0.2, 0) is 19.1 Å². The molecule has 3 N–H and O–H groups in total. The van der Waals surface area contributed by atoms with Crippen LogP contribution in [0.4, 0.5) is 18.9 Å². The molecule has 0 amide bonds. The molecule has 0 spiro atoms. The molecular formula is C34H34F3NO6. The first-order valence-electron chi connectivity index (χ1n) is 14.9. The summed E-state index contributed by atoms with van der Waals surface area (Å²) in [5.74, 6) is -2.69. The summed E-state index contributed by atoms with van der Waals surface area (Å²) in [6, 6.07) is 12.2. The molecule has 1 aliphatic heterocycles. The number of benzene rings is 2. The summed E-state index contributed by atoms with van der Waals surface area (Å²) in [4.78, 5) is 26.6. The SMILES string of the molecule is C[C@]12C=CC(=O)C=C1[C@@H](F)C[C@H]1C3C[C@H]4O[C@@H](c5cccc(F)c5)O[C@@]4(C(=O)COc4ccc(N)cc4)[C@@]3(C)C[C@H](O)[C@@]12F. The lowest BCUT2D eigenvalue weighted by Crippen LogP contribution is -2.70. The van der Waals surface area contributed by atoms with Gasteiger partial charge in [-0.15, -0.1) is 0 Å².